The molecule has 106 valence electrons. The average molecular weight is 269 g/mol. The molecule has 0 aromatic heterocycles. The minimum atomic E-state index is -1.40. The highest BCUT2D eigenvalue weighted by Crippen LogP contribution is 2.37. The maximum absolute atomic E-state index is 12.0. The highest BCUT2D eigenvalue weighted by molar-refractivity contribution is 5.82. The Balaban J connectivity index is 2.87. The van der Waals surface area contributed by atoms with Gasteiger partial charge in [-0.05, 0) is 26.7 Å². The van der Waals surface area contributed by atoms with E-state index in [-0.39, 0.29) is 19.6 Å². The molecule has 0 spiro atoms. The first-order valence-corrected chi connectivity index (χ1v) is 6.46. The van der Waals surface area contributed by atoms with Crippen molar-refractivity contribution in [2.45, 2.75) is 39.2 Å². The fourth-order valence-corrected chi connectivity index (χ4v) is 2.15. The number of esters is 2. The highest BCUT2D eigenvalue weighted by atomic mass is 16.5. The normalized spacial score (nSPS) is 26.3. The lowest BCUT2D eigenvalue weighted by atomic mass is 9.76. The standard InChI is InChI=1S/C13H19NO5/c1-3-17-11(15)8-10-13(9-14,6-5-7-19-10)12(16)18-4-2/h10H,3-8H2,1-2H3/t10-,13-/m1/s1. The molecule has 0 aliphatic carbocycles. The van der Waals surface area contributed by atoms with E-state index in [1.165, 1.54) is 0 Å². The molecule has 0 saturated carbocycles. The van der Waals surface area contributed by atoms with E-state index in [1.807, 2.05) is 6.07 Å². The van der Waals surface area contributed by atoms with E-state index in [1.54, 1.807) is 13.8 Å². The van der Waals surface area contributed by atoms with Gasteiger partial charge in [0.1, 0.15) is 0 Å². The monoisotopic (exact) mass is 269 g/mol. The lowest BCUT2D eigenvalue weighted by Crippen LogP contribution is -2.48. The van der Waals surface area contributed by atoms with Crippen molar-refractivity contribution >= 4 is 11.9 Å². The lowest BCUT2D eigenvalue weighted by Gasteiger charge is -2.35. The van der Waals surface area contributed by atoms with Gasteiger partial charge in [-0.15, -0.1) is 0 Å². The van der Waals surface area contributed by atoms with Crippen molar-refractivity contribution in [1.29, 1.82) is 5.26 Å². The van der Waals surface area contributed by atoms with Crippen LogP contribution in [0.1, 0.15) is 33.1 Å². The lowest BCUT2D eigenvalue weighted by molar-refractivity contribution is -0.170. The number of hydrogen-bond acceptors (Lipinski definition) is 6. The summed E-state index contributed by atoms with van der Waals surface area (Å²) in [5, 5.41) is 9.37. The molecule has 0 aromatic rings. The van der Waals surface area contributed by atoms with Crippen molar-refractivity contribution in [2.75, 3.05) is 19.8 Å². The second-order valence-corrected chi connectivity index (χ2v) is 4.28. The predicted molar refractivity (Wildman–Crippen MR) is 64.9 cm³/mol. The van der Waals surface area contributed by atoms with Crippen molar-refractivity contribution in [2.24, 2.45) is 5.41 Å². The quantitative estimate of drug-likeness (QED) is 0.697. The average Bonchev–Trinajstić information content (AvgIpc) is 2.40. The molecular formula is C13H19NO5. The van der Waals surface area contributed by atoms with Crippen LogP contribution in [0.5, 0.6) is 0 Å². The fourth-order valence-electron chi connectivity index (χ4n) is 2.15. The van der Waals surface area contributed by atoms with Crippen molar-refractivity contribution in [3.63, 3.8) is 0 Å². The molecule has 0 aromatic carbocycles. The molecular weight excluding hydrogens is 250 g/mol. The third kappa shape index (κ3) is 3.44. The Morgan fingerprint density at radius 3 is 2.63 bits per heavy atom. The SMILES string of the molecule is CCOC(=O)C[C@H]1OCCC[C@]1(C#N)C(=O)OCC. The zero-order valence-electron chi connectivity index (χ0n) is 11.3. The summed E-state index contributed by atoms with van der Waals surface area (Å²) in [6, 6.07) is 1.99. The van der Waals surface area contributed by atoms with Gasteiger partial charge in [-0.2, -0.15) is 5.26 Å². The molecule has 0 unspecified atom stereocenters. The molecule has 2 atom stereocenters. The van der Waals surface area contributed by atoms with Crippen molar-refractivity contribution in [3.05, 3.63) is 0 Å². The smallest absolute Gasteiger partial charge is 0.329 e. The van der Waals surface area contributed by atoms with Crippen LogP contribution >= 0.6 is 0 Å². The molecule has 0 radical (unpaired) electrons. The second-order valence-electron chi connectivity index (χ2n) is 4.28. The number of ether oxygens (including phenoxy) is 3. The Morgan fingerprint density at radius 2 is 2.05 bits per heavy atom. The molecule has 0 amide bonds. The molecule has 1 fully saturated rings. The Morgan fingerprint density at radius 1 is 1.37 bits per heavy atom. The predicted octanol–water partition coefficient (Wildman–Crippen LogP) is 1.19. The molecule has 1 aliphatic heterocycles. The van der Waals surface area contributed by atoms with Crippen molar-refractivity contribution in [3.8, 4) is 6.07 Å². The summed E-state index contributed by atoms with van der Waals surface area (Å²) >= 11 is 0. The molecule has 1 heterocycles. The number of nitrogens with zero attached hydrogens (tertiary/aromatic N) is 1. The summed E-state index contributed by atoms with van der Waals surface area (Å²) in [7, 11) is 0. The van der Waals surface area contributed by atoms with E-state index < -0.39 is 23.5 Å². The van der Waals surface area contributed by atoms with Crippen LogP contribution < -0.4 is 0 Å². The number of nitriles is 1. The molecule has 19 heavy (non-hydrogen) atoms. The van der Waals surface area contributed by atoms with E-state index in [0.29, 0.717) is 19.4 Å². The first kappa shape index (κ1) is 15.4. The van der Waals surface area contributed by atoms with Crippen molar-refractivity contribution in [1.82, 2.24) is 0 Å². The van der Waals surface area contributed by atoms with Gasteiger partial charge in [-0.1, -0.05) is 0 Å². The zero-order chi connectivity index (χ0) is 14.3. The van der Waals surface area contributed by atoms with Crippen LogP contribution in [0.3, 0.4) is 0 Å². The molecule has 1 aliphatic rings. The molecule has 0 bridgehead atoms. The third-order valence-electron chi connectivity index (χ3n) is 3.08. The first-order chi connectivity index (χ1) is 9.10. The minimum absolute atomic E-state index is 0.111. The summed E-state index contributed by atoms with van der Waals surface area (Å²) in [5.74, 6) is -1.09. The van der Waals surface area contributed by atoms with Gasteiger partial charge < -0.3 is 14.2 Å². The van der Waals surface area contributed by atoms with E-state index in [2.05, 4.69) is 0 Å². The van der Waals surface area contributed by atoms with E-state index in [9.17, 15) is 14.9 Å². The summed E-state index contributed by atoms with van der Waals surface area (Å²) in [4.78, 5) is 23.6. The number of hydrogen-bond donors (Lipinski definition) is 0. The van der Waals surface area contributed by atoms with Gasteiger partial charge in [0.05, 0.1) is 31.8 Å². The Labute approximate surface area is 112 Å². The van der Waals surface area contributed by atoms with Crippen LogP contribution in [0.15, 0.2) is 0 Å². The van der Waals surface area contributed by atoms with Crippen molar-refractivity contribution < 1.29 is 23.8 Å². The Hall–Kier alpha value is -1.61. The summed E-state index contributed by atoms with van der Waals surface area (Å²) in [5.41, 5.74) is -1.40. The summed E-state index contributed by atoms with van der Waals surface area (Å²) in [6.45, 7) is 4.24. The molecule has 6 heteroatoms. The zero-order valence-corrected chi connectivity index (χ0v) is 11.3. The van der Waals surface area contributed by atoms with Gasteiger partial charge in [0.2, 0.25) is 0 Å². The van der Waals surface area contributed by atoms with E-state index in [4.69, 9.17) is 14.2 Å². The van der Waals surface area contributed by atoms with Gasteiger partial charge >= 0.3 is 11.9 Å². The first-order valence-electron chi connectivity index (χ1n) is 6.46. The van der Waals surface area contributed by atoms with Gasteiger partial charge in [0, 0.05) is 6.61 Å². The summed E-state index contributed by atoms with van der Waals surface area (Å²) in [6.07, 6.45) is 0.0162. The van der Waals surface area contributed by atoms with Crippen LogP contribution in [0.4, 0.5) is 0 Å². The highest BCUT2D eigenvalue weighted by Gasteiger charge is 2.51. The maximum atomic E-state index is 12.0. The van der Waals surface area contributed by atoms with Gasteiger partial charge in [-0.3, -0.25) is 9.59 Å². The molecule has 1 saturated heterocycles. The van der Waals surface area contributed by atoms with Gasteiger partial charge in [0.25, 0.3) is 0 Å². The van der Waals surface area contributed by atoms with Crippen LogP contribution in [-0.2, 0) is 23.8 Å². The molecule has 0 N–H and O–H groups in total. The topological polar surface area (TPSA) is 85.6 Å². The van der Waals surface area contributed by atoms with Crippen LogP contribution in [0.25, 0.3) is 0 Å². The summed E-state index contributed by atoms with van der Waals surface area (Å²) < 4.78 is 15.2. The number of rotatable bonds is 5. The second kappa shape index (κ2) is 7.10. The largest absolute Gasteiger partial charge is 0.466 e. The van der Waals surface area contributed by atoms with Crippen LogP contribution in [0, 0.1) is 16.7 Å². The Bertz CT molecular complexity index is 376. The number of carbonyl (C=O) groups excluding carboxylic acids is 2. The molecule has 1 rings (SSSR count). The number of carbonyl (C=O) groups is 2. The van der Waals surface area contributed by atoms with Crippen LogP contribution in [-0.4, -0.2) is 37.9 Å². The third-order valence-corrected chi connectivity index (χ3v) is 3.08. The maximum Gasteiger partial charge on any atom is 0.329 e. The molecule has 6 nitrogen and oxygen atoms in total. The van der Waals surface area contributed by atoms with E-state index >= 15 is 0 Å². The van der Waals surface area contributed by atoms with E-state index in [0.717, 1.165) is 0 Å². The fraction of sp³-hybridized carbons (Fsp3) is 0.769. The minimum Gasteiger partial charge on any atom is -0.466 e. The van der Waals surface area contributed by atoms with Gasteiger partial charge in [0.15, 0.2) is 5.41 Å². The van der Waals surface area contributed by atoms with Crippen LogP contribution in [0.2, 0.25) is 0 Å². The Kier molecular flexibility index (Phi) is 5.77. The van der Waals surface area contributed by atoms with Gasteiger partial charge in [-0.25, -0.2) is 0 Å².